The minimum Gasteiger partial charge on any atom is -0.233 e. The zero-order valence-corrected chi connectivity index (χ0v) is 18.9. The van der Waals surface area contributed by atoms with Crippen molar-refractivity contribution < 1.29 is 8.42 Å². The number of rotatable bonds is 3. The van der Waals surface area contributed by atoms with Crippen molar-refractivity contribution in [2.24, 2.45) is 0 Å². The van der Waals surface area contributed by atoms with Gasteiger partial charge >= 0.3 is 0 Å². The molecule has 4 rings (SSSR count). The summed E-state index contributed by atoms with van der Waals surface area (Å²) in [6.07, 6.45) is 0. The van der Waals surface area contributed by atoms with Crippen molar-refractivity contribution in [1.29, 1.82) is 0 Å². The molecule has 0 aliphatic rings. The minimum absolute atomic E-state index is 0.0360. The van der Waals surface area contributed by atoms with Gasteiger partial charge in [-0.05, 0) is 54.2 Å². The summed E-state index contributed by atoms with van der Waals surface area (Å²) in [5, 5.41) is 0.947. The summed E-state index contributed by atoms with van der Waals surface area (Å²) in [6.45, 7) is 10.5. The van der Waals surface area contributed by atoms with Crippen molar-refractivity contribution in [1.82, 2.24) is 3.97 Å². The van der Waals surface area contributed by atoms with E-state index >= 15 is 0 Å². The van der Waals surface area contributed by atoms with Crippen molar-refractivity contribution >= 4 is 20.9 Å². The van der Waals surface area contributed by atoms with E-state index < -0.39 is 10.0 Å². The van der Waals surface area contributed by atoms with Gasteiger partial charge in [0.1, 0.15) is 0 Å². The van der Waals surface area contributed by atoms with Gasteiger partial charge in [-0.3, -0.25) is 0 Å². The van der Waals surface area contributed by atoms with Crippen LogP contribution in [0.25, 0.3) is 22.2 Å². The first-order valence-electron chi connectivity index (χ1n) is 10.1. The van der Waals surface area contributed by atoms with Gasteiger partial charge in [0.2, 0.25) is 0 Å². The number of hydrogen-bond acceptors (Lipinski definition) is 2. The predicted octanol–water partition coefficient (Wildman–Crippen LogP) is 6.46. The molecule has 0 saturated carbocycles. The molecule has 3 nitrogen and oxygen atoms in total. The van der Waals surface area contributed by atoms with Gasteiger partial charge in [0, 0.05) is 5.39 Å². The van der Waals surface area contributed by atoms with Gasteiger partial charge in [0.25, 0.3) is 10.0 Å². The standard InChI is InChI=1S/C26H27NO2S/c1-18-10-16-22(17-11-18)30(28,29)27-24-9-7-6-8-23(24)19(2)25(27)20-12-14-21(15-13-20)26(3,4)5/h6-17H,1-5H3. The minimum atomic E-state index is -3.76. The maximum absolute atomic E-state index is 13.8. The van der Waals surface area contributed by atoms with Gasteiger partial charge in [-0.15, -0.1) is 0 Å². The van der Waals surface area contributed by atoms with Crippen LogP contribution >= 0.6 is 0 Å². The molecule has 0 aliphatic carbocycles. The van der Waals surface area contributed by atoms with E-state index in [9.17, 15) is 8.42 Å². The van der Waals surface area contributed by atoms with E-state index in [-0.39, 0.29) is 5.41 Å². The number of hydrogen-bond donors (Lipinski definition) is 0. The molecular formula is C26H27NO2S. The van der Waals surface area contributed by atoms with Crippen LogP contribution in [0.3, 0.4) is 0 Å². The summed E-state index contributed by atoms with van der Waals surface area (Å²) in [5.74, 6) is 0. The second kappa shape index (κ2) is 7.13. The third-order valence-electron chi connectivity index (χ3n) is 5.67. The molecule has 0 N–H and O–H groups in total. The van der Waals surface area contributed by atoms with E-state index in [2.05, 4.69) is 32.9 Å². The Morgan fingerprint density at radius 1 is 0.767 bits per heavy atom. The molecule has 154 valence electrons. The number of aryl methyl sites for hydroxylation is 2. The maximum Gasteiger partial charge on any atom is 0.268 e. The quantitative estimate of drug-likeness (QED) is 0.384. The Morgan fingerprint density at radius 3 is 1.97 bits per heavy atom. The normalized spacial score (nSPS) is 12.4. The largest absolute Gasteiger partial charge is 0.268 e. The molecule has 4 heteroatoms. The van der Waals surface area contributed by atoms with Gasteiger partial charge in [-0.1, -0.05) is 80.9 Å². The van der Waals surface area contributed by atoms with Crippen molar-refractivity contribution in [3.63, 3.8) is 0 Å². The first-order chi connectivity index (χ1) is 14.1. The van der Waals surface area contributed by atoms with E-state index in [1.54, 1.807) is 12.1 Å². The fraction of sp³-hybridized carbons (Fsp3) is 0.231. The van der Waals surface area contributed by atoms with Crippen LogP contribution in [-0.2, 0) is 15.4 Å². The topological polar surface area (TPSA) is 39.1 Å². The molecule has 0 bridgehead atoms. The number of fused-ring (bicyclic) bond motifs is 1. The van der Waals surface area contributed by atoms with E-state index in [4.69, 9.17) is 0 Å². The van der Waals surface area contributed by atoms with Crippen molar-refractivity contribution in [3.8, 4) is 11.3 Å². The Hall–Kier alpha value is -2.85. The van der Waals surface area contributed by atoms with Crippen LogP contribution in [0.2, 0.25) is 0 Å². The van der Waals surface area contributed by atoms with Crippen molar-refractivity contribution in [3.05, 3.63) is 89.5 Å². The lowest BCUT2D eigenvalue weighted by molar-refractivity contribution is 0.588. The van der Waals surface area contributed by atoms with Crippen LogP contribution in [0.4, 0.5) is 0 Å². The maximum atomic E-state index is 13.8. The summed E-state index contributed by atoms with van der Waals surface area (Å²) >= 11 is 0. The van der Waals surface area contributed by atoms with E-state index in [0.717, 1.165) is 27.8 Å². The molecule has 0 radical (unpaired) electrons. The predicted molar refractivity (Wildman–Crippen MR) is 125 cm³/mol. The zero-order valence-electron chi connectivity index (χ0n) is 18.1. The molecule has 0 spiro atoms. The van der Waals surface area contributed by atoms with Crippen LogP contribution in [0, 0.1) is 13.8 Å². The number of aromatic nitrogens is 1. The second-order valence-corrected chi connectivity index (χ2v) is 10.7. The fourth-order valence-electron chi connectivity index (χ4n) is 3.90. The van der Waals surface area contributed by atoms with Crippen molar-refractivity contribution in [2.45, 2.75) is 44.9 Å². The third kappa shape index (κ3) is 3.35. The average Bonchev–Trinajstić information content (AvgIpc) is 3.01. The first kappa shape index (κ1) is 20.4. The molecule has 3 aromatic carbocycles. The Kier molecular flexibility index (Phi) is 4.86. The molecule has 0 fully saturated rings. The zero-order chi connectivity index (χ0) is 21.7. The molecule has 30 heavy (non-hydrogen) atoms. The summed E-state index contributed by atoms with van der Waals surface area (Å²) < 4.78 is 29.0. The fourth-order valence-corrected chi connectivity index (χ4v) is 5.49. The summed E-state index contributed by atoms with van der Waals surface area (Å²) in [7, 11) is -3.76. The van der Waals surface area contributed by atoms with Gasteiger partial charge in [0.15, 0.2) is 0 Å². The number of benzene rings is 3. The van der Waals surface area contributed by atoms with E-state index in [1.165, 1.54) is 9.54 Å². The Morgan fingerprint density at radius 2 is 1.37 bits per heavy atom. The van der Waals surface area contributed by atoms with Crippen LogP contribution < -0.4 is 0 Å². The van der Waals surface area contributed by atoms with Crippen molar-refractivity contribution in [2.75, 3.05) is 0 Å². The van der Waals surface area contributed by atoms with E-state index in [0.29, 0.717) is 10.4 Å². The smallest absolute Gasteiger partial charge is 0.233 e. The number of nitrogens with zero attached hydrogens (tertiary/aromatic N) is 1. The van der Waals surface area contributed by atoms with Gasteiger partial charge in [-0.25, -0.2) is 12.4 Å². The first-order valence-corrected chi connectivity index (χ1v) is 11.6. The lowest BCUT2D eigenvalue weighted by Gasteiger charge is -2.19. The van der Waals surface area contributed by atoms with E-state index in [1.807, 2.05) is 62.4 Å². The Bertz CT molecular complexity index is 1320. The Labute approximate surface area is 179 Å². The highest BCUT2D eigenvalue weighted by molar-refractivity contribution is 7.90. The van der Waals surface area contributed by atoms with Gasteiger partial charge in [-0.2, -0.15) is 0 Å². The monoisotopic (exact) mass is 417 g/mol. The van der Waals surface area contributed by atoms with Gasteiger partial charge < -0.3 is 0 Å². The third-order valence-corrected chi connectivity index (χ3v) is 7.40. The molecule has 1 heterocycles. The molecule has 0 amide bonds. The molecule has 0 saturated heterocycles. The highest BCUT2D eigenvalue weighted by Crippen LogP contribution is 2.37. The second-order valence-electron chi connectivity index (χ2n) is 8.90. The SMILES string of the molecule is Cc1ccc(S(=O)(=O)n2c(-c3ccc(C(C)(C)C)cc3)c(C)c3ccccc32)cc1. The average molecular weight is 418 g/mol. The summed E-state index contributed by atoms with van der Waals surface area (Å²) in [6, 6.07) is 23.0. The molecule has 0 atom stereocenters. The highest BCUT2D eigenvalue weighted by Gasteiger charge is 2.26. The molecule has 4 aromatic rings. The molecular weight excluding hydrogens is 390 g/mol. The van der Waals surface area contributed by atoms with Crippen LogP contribution in [0.1, 0.15) is 37.5 Å². The lowest BCUT2D eigenvalue weighted by atomic mass is 9.86. The van der Waals surface area contributed by atoms with Crippen LogP contribution in [0.5, 0.6) is 0 Å². The summed E-state index contributed by atoms with van der Waals surface area (Å²) in [5.41, 5.74) is 5.56. The molecule has 1 aromatic heterocycles. The van der Waals surface area contributed by atoms with Crippen LogP contribution in [0.15, 0.2) is 77.7 Å². The number of para-hydroxylation sites is 1. The Balaban J connectivity index is 2.02. The molecule has 0 aliphatic heterocycles. The lowest BCUT2D eigenvalue weighted by Crippen LogP contribution is -2.14. The van der Waals surface area contributed by atoms with Gasteiger partial charge in [0.05, 0.1) is 16.1 Å². The van der Waals surface area contributed by atoms with Crippen LogP contribution in [-0.4, -0.2) is 12.4 Å². The molecule has 0 unspecified atom stereocenters. The summed E-state index contributed by atoms with van der Waals surface area (Å²) in [4.78, 5) is 0.293. The highest BCUT2D eigenvalue weighted by atomic mass is 32.2.